The molecule has 0 unspecified atom stereocenters. The molecule has 0 aromatic heterocycles. The molecule has 0 heterocycles. The highest BCUT2D eigenvalue weighted by Gasteiger charge is 2.12. The number of methoxy groups -OCH3 is 1. The Kier molecular flexibility index (Phi) is 5.03. The molecule has 0 spiro atoms. The first-order valence-corrected chi connectivity index (χ1v) is 8.00. The van der Waals surface area contributed by atoms with Gasteiger partial charge in [-0.25, -0.2) is 4.79 Å². The Balaban J connectivity index is 1.67. The molecule has 26 heavy (non-hydrogen) atoms. The second-order valence-electron chi connectivity index (χ2n) is 5.71. The number of anilines is 1. The highest BCUT2D eigenvalue weighted by atomic mass is 16.5. The molecule has 0 aliphatic rings. The number of rotatable bonds is 4. The van der Waals surface area contributed by atoms with Crippen molar-refractivity contribution in [3.63, 3.8) is 0 Å². The Bertz CT molecular complexity index is 952. The van der Waals surface area contributed by atoms with Gasteiger partial charge in [-0.1, -0.05) is 36.4 Å². The summed E-state index contributed by atoms with van der Waals surface area (Å²) in [6.45, 7) is 0.295. The molecule has 6 nitrogen and oxygen atoms in total. The highest BCUT2D eigenvalue weighted by Crippen LogP contribution is 2.25. The standard InChI is InChI=1S/C20H18N2O4/c1-26-20(25)22-16-8-6-13(7-9-16)12-21-19(24)17-10-14-4-2-3-5-15(14)11-18(17)23/h2-11,23H,12H2,1H3,(H,21,24)(H,22,25). The normalized spacial score (nSPS) is 10.3. The maximum absolute atomic E-state index is 12.4. The lowest BCUT2D eigenvalue weighted by molar-refractivity contribution is 0.0948. The zero-order valence-electron chi connectivity index (χ0n) is 14.2. The average molecular weight is 350 g/mol. The summed E-state index contributed by atoms with van der Waals surface area (Å²) in [6.07, 6.45) is -0.544. The van der Waals surface area contributed by atoms with E-state index in [1.54, 1.807) is 36.4 Å². The van der Waals surface area contributed by atoms with E-state index in [1.165, 1.54) is 7.11 Å². The number of aromatic hydroxyl groups is 1. The number of benzene rings is 3. The fraction of sp³-hybridized carbons (Fsp3) is 0.100. The van der Waals surface area contributed by atoms with Gasteiger partial charge in [-0.15, -0.1) is 0 Å². The number of fused-ring (bicyclic) bond motifs is 1. The van der Waals surface area contributed by atoms with Crippen LogP contribution in [0.15, 0.2) is 60.7 Å². The van der Waals surface area contributed by atoms with Crippen molar-refractivity contribution in [2.24, 2.45) is 0 Å². The maximum Gasteiger partial charge on any atom is 0.411 e. The fourth-order valence-electron chi connectivity index (χ4n) is 2.56. The van der Waals surface area contributed by atoms with Crippen LogP contribution in [0.25, 0.3) is 10.8 Å². The van der Waals surface area contributed by atoms with Crippen LogP contribution < -0.4 is 10.6 Å². The monoisotopic (exact) mass is 350 g/mol. The predicted molar refractivity (Wildman–Crippen MR) is 99.3 cm³/mol. The van der Waals surface area contributed by atoms with Crippen molar-refractivity contribution in [2.45, 2.75) is 6.54 Å². The SMILES string of the molecule is COC(=O)Nc1ccc(CNC(=O)c2cc3ccccc3cc2O)cc1. The van der Waals surface area contributed by atoms with Crippen LogP contribution in [0.2, 0.25) is 0 Å². The van der Waals surface area contributed by atoms with Gasteiger partial charge >= 0.3 is 6.09 Å². The van der Waals surface area contributed by atoms with Crippen molar-refractivity contribution in [3.05, 3.63) is 71.8 Å². The van der Waals surface area contributed by atoms with Crippen molar-refractivity contribution in [1.82, 2.24) is 5.32 Å². The number of amides is 2. The van der Waals surface area contributed by atoms with Crippen LogP contribution in [0.3, 0.4) is 0 Å². The molecule has 0 bridgehead atoms. The Labute approximate surface area is 150 Å². The Morgan fingerprint density at radius 2 is 1.65 bits per heavy atom. The molecule has 0 fully saturated rings. The number of phenols is 1. The van der Waals surface area contributed by atoms with Crippen LogP contribution >= 0.6 is 0 Å². The van der Waals surface area contributed by atoms with Crippen LogP contribution in [-0.2, 0) is 11.3 Å². The number of hydrogen-bond acceptors (Lipinski definition) is 4. The van der Waals surface area contributed by atoms with Gasteiger partial charge in [0.1, 0.15) is 5.75 Å². The molecular weight excluding hydrogens is 332 g/mol. The summed E-state index contributed by atoms with van der Waals surface area (Å²) in [5.41, 5.74) is 1.68. The van der Waals surface area contributed by atoms with E-state index in [4.69, 9.17) is 0 Å². The zero-order chi connectivity index (χ0) is 18.5. The van der Waals surface area contributed by atoms with E-state index in [1.807, 2.05) is 24.3 Å². The quantitative estimate of drug-likeness (QED) is 0.670. The van der Waals surface area contributed by atoms with Crippen molar-refractivity contribution < 1.29 is 19.4 Å². The lowest BCUT2D eigenvalue weighted by Crippen LogP contribution is -2.22. The Morgan fingerprint density at radius 3 is 2.31 bits per heavy atom. The molecule has 132 valence electrons. The van der Waals surface area contributed by atoms with Gasteiger partial charge in [0.25, 0.3) is 5.91 Å². The van der Waals surface area contributed by atoms with Crippen molar-refractivity contribution in [1.29, 1.82) is 0 Å². The van der Waals surface area contributed by atoms with Gasteiger partial charge in [-0.3, -0.25) is 10.1 Å². The molecule has 0 saturated carbocycles. The van der Waals surface area contributed by atoms with E-state index >= 15 is 0 Å². The lowest BCUT2D eigenvalue weighted by atomic mass is 10.1. The molecule has 0 aliphatic heterocycles. The summed E-state index contributed by atoms with van der Waals surface area (Å²) in [6, 6.07) is 17.8. The van der Waals surface area contributed by atoms with Crippen molar-refractivity contribution >= 4 is 28.5 Å². The molecule has 0 aliphatic carbocycles. The second-order valence-corrected chi connectivity index (χ2v) is 5.71. The zero-order valence-corrected chi connectivity index (χ0v) is 14.2. The summed E-state index contributed by atoms with van der Waals surface area (Å²) in [4.78, 5) is 23.5. The van der Waals surface area contributed by atoms with Gasteiger partial charge in [0.2, 0.25) is 0 Å². The van der Waals surface area contributed by atoms with Crippen LogP contribution in [0.1, 0.15) is 15.9 Å². The topological polar surface area (TPSA) is 87.7 Å². The van der Waals surface area contributed by atoms with E-state index in [0.29, 0.717) is 12.2 Å². The first kappa shape index (κ1) is 17.3. The predicted octanol–water partition coefficient (Wildman–Crippen LogP) is 3.65. The van der Waals surface area contributed by atoms with E-state index in [0.717, 1.165) is 16.3 Å². The summed E-state index contributed by atoms with van der Waals surface area (Å²) < 4.78 is 4.52. The van der Waals surface area contributed by atoms with Crippen LogP contribution in [0.4, 0.5) is 10.5 Å². The molecule has 0 saturated heterocycles. The fourth-order valence-corrected chi connectivity index (χ4v) is 2.56. The number of phenolic OH excluding ortho intramolecular Hbond substituents is 1. The first-order valence-electron chi connectivity index (χ1n) is 8.00. The highest BCUT2D eigenvalue weighted by molar-refractivity contribution is 6.01. The minimum Gasteiger partial charge on any atom is -0.507 e. The first-order chi connectivity index (χ1) is 12.6. The largest absolute Gasteiger partial charge is 0.507 e. The van der Waals surface area contributed by atoms with Gasteiger partial charge in [0.05, 0.1) is 12.7 Å². The molecule has 3 N–H and O–H groups in total. The van der Waals surface area contributed by atoms with E-state index in [9.17, 15) is 14.7 Å². The van der Waals surface area contributed by atoms with Crippen LogP contribution in [0, 0.1) is 0 Å². The molecule has 3 aromatic rings. The van der Waals surface area contributed by atoms with Crippen LogP contribution in [0.5, 0.6) is 5.75 Å². The summed E-state index contributed by atoms with van der Waals surface area (Å²) in [5.74, 6) is -0.413. The van der Waals surface area contributed by atoms with Gasteiger partial charge in [-0.05, 0) is 40.6 Å². The molecule has 2 amide bonds. The maximum atomic E-state index is 12.4. The number of carbonyl (C=O) groups excluding carboxylic acids is 2. The molecule has 6 heteroatoms. The third kappa shape index (κ3) is 3.92. The Morgan fingerprint density at radius 1 is 1.00 bits per heavy atom. The second kappa shape index (κ2) is 7.57. The summed E-state index contributed by atoms with van der Waals surface area (Å²) in [7, 11) is 1.29. The van der Waals surface area contributed by atoms with E-state index in [-0.39, 0.29) is 17.2 Å². The minimum atomic E-state index is -0.544. The van der Waals surface area contributed by atoms with Gasteiger partial charge in [0.15, 0.2) is 0 Å². The van der Waals surface area contributed by atoms with Gasteiger partial charge in [0, 0.05) is 12.2 Å². The van der Waals surface area contributed by atoms with Crippen molar-refractivity contribution in [2.75, 3.05) is 12.4 Å². The number of carbonyl (C=O) groups is 2. The number of nitrogens with one attached hydrogen (secondary N) is 2. The summed E-state index contributed by atoms with van der Waals surface area (Å²) >= 11 is 0. The van der Waals surface area contributed by atoms with E-state index in [2.05, 4.69) is 15.4 Å². The molecular formula is C20H18N2O4. The lowest BCUT2D eigenvalue weighted by Gasteiger charge is -2.09. The van der Waals surface area contributed by atoms with Crippen molar-refractivity contribution in [3.8, 4) is 5.75 Å². The third-order valence-corrected chi connectivity index (χ3v) is 3.95. The Hall–Kier alpha value is -3.54. The molecule has 3 rings (SSSR count). The number of hydrogen-bond donors (Lipinski definition) is 3. The molecule has 0 atom stereocenters. The van der Waals surface area contributed by atoms with Crippen LogP contribution in [-0.4, -0.2) is 24.2 Å². The molecule has 3 aromatic carbocycles. The minimum absolute atomic E-state index is 0.0566. The van der Waals surface area contributed by atoms with Gasteiger partial charge in [-0.2, -0.15) is 0 Å². The molecule has 0 radical (unpaired) electrons. The third-order valence-electron chi connectivity index (χ3n) is 3.95. The smallest absolute Gasteiger partial charge is 0.411 e. The van der Waals surface area contributed by atoms with Gasteiger partial charge < -0.3 is 15.2 Å². The average Bonchev–Trinajstić information content (AvgIpc) is 2.66. The van der Waals surface area contributed by atoms with E-state index < -0.39 is 6.09 Å². The summed E-state index contributed by atoms with van der Waals surface area (Å²) in [5, 5.41) is 17.2. The number of ether oxygens (including phenoxy) is 1.